The lowest BCUT2D eigenvalue weighted by Gasteiger charge is -2.37. The van der Waals surface area contributed by atoms with Gasteiger partial charge in [0.15, 0.2) is 0 Å². The van der Waals surface area contributed by atoms with Crippen molar-refractivity contribution in [2.45, 2.75) is 45.7 Å². The molecule has 2 aliphatic rings. The zero-order valence-corrected chi connectivity index (χ0v) is 9.00. The highest BCUT2D eigenvalue weighted by molar-refractivity contribution is 5.83. The molecular weight excluding hydrogens is 162 g/mol. The lowest BCUT2D eigenvalue weighted by molar-refractivity contribution is -0.123. The van der Waals surface area contributed by atoms with Crippen molar-refractivity contribution in [1.82, 2.24) is 4.90 Å². The molecule has 2 heteroatoms. The predicted molar refractivity (Wildman–Crippen MR) is 52.5 cm³/mol. The minimum absolute atomic E-state index is 0.157. The van der Waals surface area contributed by atoms with E-state index in [1.165, 1.54) is 6.42 Å². The Balaban J connectivity index is 2.17. The number of rotatable bonds is 1. The van der Waals surface area contributed by atoms with Gasteiger partial charge in [-0.25, -0.2) is 0 Å². The highest BCUT2D eigenvalue weighted by Gasteiger charge is 2.56. The average molecular weight is 181 g/mol. The number of carbonyl (C=O) groups excluding carboxylic acids is 1. The van der Waals surface area contributed by atoms with Crippen molar-refractivity contribution in [3.8, 4) is 0 Å². The van der Waals surface area contributed by atoms with Crippen LogP contribution in [-0.4, -0.2) is 28.8 Å². The smallest absolute Gasteiger partial charge is 0.147 e. The Hall–Kier alpha value is -0.370. The Morgan fingerprint density at radius 3 is 2.38 bits per heavy atom. The summed E-state index contributed by atoms with van der Waals surface area (Å²) in [5, 5.41) is 0. The summed E-state index contributed by atoms with van der Waals surface area (Å²) in [6, 6.07) is 0.227. The van der Waals surface area contributed by atoms with Crippen LogP contribution in [0.1, 0.15) is 34.1 Å². The average Bonchev–Trinajstić information content (AvgIpc) is 2.58. The Labute approximate surface area is 80.3 Å². The third-order valence-corrected chi connectivity index (χ3v) is 3.43. The quantitative estimate of drug-likeness (QED) is 0.613. The number of likely N-dealkylation sites (tertiary alicyclic amines) is 1. The van der Waals surface area contributed by atoms with E-state index in [0.29, 0.717) is 11.7 Å². The van der Waals surface area contributed by atoms with E-state index in [-0.39, 0.29) is 11.6 Å². The fourth-order valence-electron chi connectivity index (χ4n) is 2.68. The summed E-state index contributed by atoms with van der Waals surface area (Å²) in [4.78, 5) is 13.9. The molecule has 2 fully saturated rings. The maximum atomic E-state index is 11.5. The van der Waals surface area contributed by atoms with Gasteiger partial charge in [0, 0.05) is 12.1 Å². The molecule has 2 nitrogen and oxygen atoms in total. The molecule has 0 N–H and O–H groups in total. The molecule has 0 radical (unpaired) electrons. The third-order valence-electron chi connectivity index (χ3n) is 3.43. The highest BCUT2D eigenvalue weighted by Crippen LogP contribution is 2.51. The molecule has 1 heterocycles. The molecule has 0 bridgehead atoms. The van der Waals surface area contributed by atoms with E-state index >= 15 is 0 Å². The largest absolute Gasteiger partial charge is 0.298 e. The van der Waals surface area contributed by atoms with E-state index in [0.717, 1.165) is 12.5 Å². The van der Waals surface area contributed by atoms with Gasteiger partial charge in [-0.15, -0.1) is 0 Å². The second kappa shape index (κ2) is 2.57. The van der Waals surface area contributed by atoms with Crippen LogP contribution in [0.2, 0.25) is 0 Å². The van der Waals surface area contributed by atoms with Crippen molar-refractivity contribution in [3.05, 3.63) is 0 Å². The molecule has 0 aromatic heterocycles. The van der Waals surface area contributed by atoms with E-state index in [9.17, 15) is 4.79 Å². The van der Waals surface area contributed by atoms with Gasteiger partial charge in [0.25, 0.3) is 0 Å². The monoisotopic (exact) mass is 181 g/mol. The summed E-state index contributed by atoms with van der Waals surface area (Å²) in [6.45, 7) is 9.48. The first-order chi connectivity index (χ1) is 5.91. The normalized spacial score (nSPS) is 38.9. The van der Waals surface area contributed by atoms with Crippen LogP contribution >= 0.6 is 0 Å². The Morgan fingerprint density at radius 2 is 2.00 bits per heavy atom. The van der Waals surface area contributed by atoms with Gasteiger partial charge in [0.1, 0.15) is 5.78 Å². The Kier molecular flexibility index (Phi) is 1.82. The van der Waals surface area contributed by atoms with Crippen LogP contribution in [0, 0.1) is 11.8 Å². The van der Waals surface area contributed by atoms with Crippen LogP contribution in [0.4, 0.5) is 0 Å². The SMILES string of the molecule is CC(=O)[C@@H]1C2C[C@H]2CN1C(C)(C)C. The van der Waals surface area contributed by atoms with Crippen molar-refractivity contribution in [2.24, 2.45) is 11.8 Å². The summed E-state index contributed by atoms with van der Waals surface area (Å²) in [7, 11) is 0. The fourth-order valence-corrected chi connectivity index (χ4v) is 2.68. The second-order valence-corrected chi connectivity index (χ2v) is 5.54. The topological polar surface area (TPSA) is 20.3 Å². The molecule has 13 heavy (non-hydrogen) atoms. The maximum absolute atomic E-state index is 11.5. The van der Waals surface area contributed by atoms with Gasteiger partial charge >= 0.3 is 0 Å². The van der Waals surface area contributed by atoms with Crippen LogP contribution in [0.5, 0.6) is 0 Å². The van der Waals surface area contributed by atoms with Crippen molar-refractivity contribution >= 4 is 5.78 Å². The molecule has 1 saturated heterocycles. The molecule has 3 atom stereocenters. The van der Waals surface area contributed by atoms with Crippen molar-refractivity contribution in [3.63, 3.8) is 0 Å². The van der Waals surface area contributed by atoms with Crippen LogP contribution in [-0.2, 0) is 4.79 Å². The number of Topliss-reactive ketones (excluding diaryl/α,β-unsaturated/α-hetero) is 1. The van der Waals surface area contributed by atoms with Gasteiger partial charge in [0.05, 0.1) is 6.04 Å². The van der Waals surface area contributed by atoms with Gasteiger partial charge in [-0.2, -0.15) is 0 Å². The van der Waals surface area contributed by atoms with Gasteiger partial charge in [-0.3, -0.25) is 9.69 Å². The molecule has 1 unspecified atom stereocenters. The fraction of sp³-hybridized carbons (Fsp3) is 0.909. The molecule has 0 amide bonds. The summed E-state index contributed by atoms with van der Waals surface area (Å²) in [5.41, 5.74) is 0.157. The lowest BCUT2D eigenvalue weighted by atomic mass is 10.0. The predicted octanol–water partition coefficient (Wildman–Crippen LogP) is 1.69. The molecule has 0 aromatic carbocycles. The molecule has 1 aliphatic heterocycles. The minimum atomic E-state index is 0.157. The van der Waals surface area contributed by atoms with E-state index in [2.05, 4.69) is 25.7 Å². The molecular formula is C11H19NO. The summed E-state index contributed by atoms with van der Waals surface area (Å²) < 4.78 is 0. The Morgan fingerprint density at radius 1 is 1.38 bits per heavy atom. The van der Waals surface area contributed by atoms with Gasteiger partial charge in [-0.05, 0) is 46.0 Å². The third kappa shape index (κ3) is 1.41. The standard InChI is InChI=1S/C11H19NO/c1-7(13)10-9-5-8(9)6-12(10)11(2,3)4/h8-10H,5-6H2,1-4H3/t8-,9?,10+/m0/s1. The maximum Gasteiger partial charge on any atom is 0.147 e. The molecule has 74 valence electrons. The van der Waals surface area contributed by atoms with Gasteiger partial charge in [0.2, 0.25) is 0 Å². The summed E-state index contributed by atoms with van der Waals surface area (Å²) in [5.74, 6) is 1.88. The van der Waals surface area contributed by atoms with E-state index < -0.39 is 0 Å². The number of nitrogens with zero attached hydrogens (tertiary/aromatic N) is 1. The van der Waals surface area contributed by atoms with Crippen LogP contribution in [0.25, 0.3) is 0 Å². The molecule has 0 aromatic rings. The molecule has 1 aliphatic carbocycles. The number of carbonyl (C=O) groups is 1. The molecule has 0 spiro atoms. The number of hydrogen-bond acceptors (Lipinski definition) is 2. The van der Waals surface area contributed by atoms with Gasteiger partial charge in [-0.1, -0.05) is 0 Å². The number of piperidine rings is 1. The Bertz CT molecular complexity index is 241. The van der Waals surface area contributed by atoms with Crippen LogP contribution in [0.3, 0.4) is 0 Å². The van der Waals surface area contributed by atoms with E-state index in [4.69, 9.17) is 0 Å². The molecule has 2 rings (SSSR count). The summed E-state index contributed by atoms with van der Waals surface area (Å²) in [6.07, 6.45) is 1.29. The number of fused-ring (bicyclic) bond motifs is 1. The second-order valence-electron chi connectivity index (χ2n) is 5.54. The zero-order chi connectivity index (χ0) is 9.80. The summed E-state index contributed by atoms with van der Waals surface area (Å²) >= 11 is 0. The molecule has 1 saturated carbocycles. The van der Waals surface area contributed by atoms with E-state index in [1.54, 1.807) is 6.92 Å². The van der Waals surface area contributed by atoms with E-state index in [1.807, 2.05) is 0 Å². The first-order valence-corrected chi connectivity index (χ1v) is 5.18. The first-order valence-electron chi connectivity index (χ1n) is 5.18. The zero-order valence-electron chi connectivity index (χ0n) is 9.00. The first kappa shape index (κ1) is 9.20. The highest BCUT2D eigenvalue weighted by atomic mass is 16.1. The lowest BCUT2D eigenvalue weighted by Crippen LogP contribution is -2.49. The van der Waals surface area contributed by atoms with Gasteiger partial charge < -0.3 is 0 Å². The number of hydrogen-bond donors (Lipinski definition) is 0. The van der Waals surface area contributed by atoms with Crippen LogP contribution < -0.4 is 0 Å². The minimum Gasteiger partial charge on any atom is -0.298 e. The van der Waals surface area contributed by atoms with Crippen LogP contribution in [0.15, 0.2) is 0 Å². The van der Waals surface area contributed by atoms with Crippen molar-refractivity contribution in [2.75, 3.05) is 6.54 Å². The van der Waals surface area contributed by atoms with Crippen molar-refractivity contribution < 1.29 is 4.79 Å². The number of ketones is 1. The van der Waals surface area contributed by atoms with Crippen molar-refractivity contribution in [1.29, 1.82) is 0 Å².